The molecule has 1 amide bonds. The lowest BCUT2D eigenvalue weighted by molar-refractivity contribution is -0.152. The SMILES string of the molecule is CCOC(=O)[C@@H]1OC(CCCNC(=O)OCc2ccccc2)=N[C@H]1C1CC1. The minimum absolute atomic E-state index is 0.122. The van der Waals surface area contributed by atoms with E-state index < -0.39 is 12.2 Å². The van der Waals surface area contributed by atoms with Gasteiger partial charge in [-0.05, 0) is 37.7 Å². The number of carbonyl (C=O) groups is 2. The predicted octanol–water partition coefficient (Wildman–Crippen LogP) is 2.83. The zero-order valence-electron chi connectivity index (χ0n) is 15.6. The molecule has 1 aromatic carbocycles. The van der Waals surface area contributed by atoms with Crippen LogP contribution in [0.5, 0.6) is 0 Å². The molecular weight excluding hydrogens is 348 g/mol. The Morgan fingerprint density at radius 2 is 2.00 bits per heavy atom. The standard InChI is InChI=1S/C20H26N2O5/c1-2-25-19(23)18-17(15-10-11-15)22-16(27-18)9-6-12-21-20(24)26-13-14-7-4-3-5-8-14/h3-5,7-8,15,17-18H,2,6,9-13H2,1H3,(H,21,24)/t17-,18+/m0/s1. The highest BCUT2D eigenvalue weighted by atomic mass is 16.6. The zero-order chi connectivity index (χ0) is 19.1. The monoisotopic (exact) mass is 374 g/mol. The highest BCUT2D eigenvalue weighted by Crippen LogP contribution is 2.39. The number of rotatable bonds is 9. The van der Waals surface area contributed by atoms with E-state index in [1.807, 2.05) is 30.3 Å². The van der Waals surface area contributed by atoms with Crippen molar-refractivity contribution < 1.29 is 23.8 Å². The van der Waals surface area contributed by atoms with Gasteiger partial charge < -0.3 is 19.5 Å². The summed E-state index contributed by atoms with van der Waals surface area (Å²) in [6, 6.07) is 9.40. The first-order valence-corrected chi connectivity index (χ1v) is 9.52. The molecule has 2 aliphatic rings. The smallest absolute Gasteiger partial charge is 0.407 e. The van der Waals surface area contributed by atoms with Crippen molar-refractivity contribution in [2.24, 2.45) is 10.9 Å². The summed E-state index contributed by atoms with van der Waals surface area (Å²) in [5.74, 6) is 0.656. The number of amides is 1. The first-order chi connectivity index (χ1) is 13.2. The fraction of sp³-hybridized carbons (Fsp3) is 0.550. The summed E-state index contributed by atoms with van der Waals surface area (Å²) in [6.07, 6.45) is 2.32. The number of nitrogens with one attached hydrogen (secondary N) is 1. The number of ether oxygens (including phenoxy) is 3. The van der Waals surface area contributed by atoms with Crippen LogP contribution in [0.15, 0.2) is 35.3 Å². The van der Waals surface area contributed by atoms with Gasteiger partial charge in [0.05, 0.1) is 6.61 Å². The van der Waals surface area contributed by atoms with Crippen molar-refractivity contribution in [3.05, 3.63) is 35.9 Å². The van der Waals surface area contributed by atoms with Crippen LogP contribution in [0.2, 0.25) is 0 Å². The van der Waals surface area contributed by atoms with Gasteiger partial charge in [-0.25, -0.2) is 14.6 Å². The third-order valence-corrected chi connectivity index (χ3v) is 4.54. The summed E-state index contributed by atoms with van der Waals surface area (Å²) in [7, 11) is 0. The molecule has 2 atom stereocenters. The van der Waals surface area contributed by atoms with Crippen LogP contribution in [0.1, 0.15) is 38.2 Å². The molecule has 1 aliphatic carbocycles. The van der Waals surface area contributed by atoms with E-state index in [2.05, 4.69) is 10.3 Å². The lowest BCUT2D eigenvalue weighted by atomic mass is 10.1. The van der Waals surface area contributed by atoms with Gasteiger partial charge in [0.2, 0.25) is 6.10 Å². The molecule has 0 saturated heterocycles. The third-order valence-electron chi connectivity index (χ3n) is 4.54. The van der Waals surface area contributed by atoms with E-state index in [9.17, 15) is 9.59 Å². The summed E-state index contributed by atoms with van der Waals surface area (Å²) in [5.41, 5.74) is 0.942. The highest BCUT2D eigenvalue weighted by molar-refractivity contribution is 5.86. The number of esters is 1. The van der Waals surface area contributed by atoms with Crippen LogP contribution in [0.25, 0.3) is 0 Å². The van der Waals surface area contributed by atoms with Crippen molar-refractivity contribution >= 4 is 18.0 Å². The van der Waals surface area contributed by atoms with Gasteiger partial charge in [0.25, 0.3) is 0 Å². The summed E-state index contributed by atoms with van der Waals surface area (Å²) < 4.78 is 16.0. The molecule has 1 saturated carbocycles. The second-order valence-electron chi connectivity index (χ2n) is 6.73. The third kappa shape index (κ3) is 5.70. The molecule has 0 spiro atoms. The van der Waals surface area contributed by atoms with Crippen molar-refractivity contribution in [2.75, 3.05) is 13.2 Å². The molecule has 0 aromatic heterocycles. The van der Waals surface area contributed by atoms with Gasteiger partial charge in [-0.2, -0.15) is 0 Å². The maximum absolute atomic E-state index is 12.0. The Labute approximate surface area is 159 Å². The molecule has 3 rings (SSSR count). The average molecular weight is 374 g/mol. The maximum Gasteiger partial charge on any atom is 0.407 e. The van der Waals surface area contributed by atoms with Crippen LogP contribution in [-0.4, -0.2) is 43.3 Å². The van der Waals surface area contributed by atoms with Crippen LogP contribution < -0.4 is 5.32 Å². The second kappa shape index (κ2) is 9.39. The molecule has 1 N–H and O–H groups in total. The summed E-state index contributed by atoms with van der Waals surface area (Å²) in [6.45, 7) is 2.81. The molecule has 146 valence electrons. The number of carbonyl (C=O) groups excluding carboxylic acids is 2. The number of nitrogens with zero attached hydrogens (tertiary/aromatic N) is 1. The number of benzene rings is 1. The Morgan fingerprint density at radius 3 is 2.70 bits per heavy atom. The summed E-state index contributed by atoms with van der Waals surface area (Å²) in [4.78, 5) is 28.3. The molecule has 7 heteroatoms. The van der Waals surface area contributed by atoms with Crippen molar-refractivity contribution in [1.82, 2.24) is 5.32 Å². The van der Waals surface area contributed by atoms with E-state index in [0.29, 0.717) is 37.8 Å². The van der Waals surface area contributed by atoms with Gasteiger partial charge in [-0.3, -0.25) is 0 Å². The van der Waals surface area contributed by atoms with Gasteiger partial charge in [0.15, 0.2) is 5.90 Å². The van der Waals surface area contributed by atoms with Gasteiger partial charge >= 0.3 is 12.1 Å². The van der Waals surface area contributed by atoms with Gasteiger partial charge in [-0.15, -0.1) is 0 Å². The molecule has 1 aromatic rings. The minimum Gasteiger partial charge on any atom is -0.464 e. The predicted molar refractivity (Wildman–Crippen MR) is 99.3 cm³/mol. The van der Waals surface area contributed by atoms with E-state index in [-0.39, 0.29) is 18.6 Å². The molecular formula is C20H26N2O5. The second-order valence-corrected chi connectivity index (χ2v) is 6.73. The zero-order valence-corrected chi connectivity index (χ0v) is 15.6. The van der Waals surface area contributed by atoms with E-state index in [0.717, 1.165) is 18.4 Å². The fourth-order valence-corrected chi connectivity index (χ4v) is 3.01. The summed E-state index contributed by atoms with van der Waals surface area (Å²) >= 11 is 0. The van der Waals surface area contributed by atoms with E-state index in [1.54, 1.807) is 6.92 Å². The van der Waals surface area contributed by atoms with Crippen molar-refractivity contribution in [2.45, 2.75) is 51.4 Å². The minimum atomic E-state index is -0.615. The number of hydrogen-bond acceptors (Lipinski definition) is 6. The molecule has 1 fully saturated rings. The highest BCUT2D eigenvalue weighted by Gasteiger charge is 2.46. The molecule has 0 radical (unpaired) electrons. The Bertz CT molecular complexity index is 672. The van der Waals surface area contributed by atoms with Crippen LogP contribution in [0.4, 0.5) is 4.79 Å². The first-order valence-electron chi connectivity index (χ1n) is 9.52. The van der Waals surface area contributed by atoms with E-state index in [4.69, 9.17) is 14.2 Å². The van der Waals surface area contributed by atoms with Crippen LogP contribution in [0, 0.1) is 5.92 Å². The van der Waals surface area contributed by atoms with Crippen LogP contribution >= 0.6 is 0 Å². The summed E-state index contributed by atoms with van der Waals surface area (Å²) in [5, 5.41) is 2.71. The number of hydrogen-bond donors (Lipinski definition) is 1. The molecule has 7 nitrogen and oxygen atoms in total. The lowest BCUT2D eigenvalue weighted by Gasteiger charge is -2.15. The van der Waals surface area contributed by atoms with Gasteiger partial charge in [-0.1, -0.05) is 30.3 Å². The maximum atomic E-state index is 12.0. The molecule has 0 unspecified atom stereocenters. The van der Waals surface area contributed by atoms with Gasteiger partial charge in [0.1, 0.15) is 12.6 Å². The van der Waals surface area contributed by atoms with Crippen LogP contribution in [-0.2, 0) is 25.6 Å². The fourth-order valence-electron chi connectivity index (χ4n) is 3.01. The molecule has 1 aliphatic heterocycles. The average Bonchev–Trinajstić information content (AvgIpc) is 3.44. The molecule has 27 heavy (non-hydrogen) atoms. The molecule has 1 heterocycles. The quantitative estimate of drug-likeness (QED) is 0.531. The largest absolute Gasteiger partial charge is 0.464 e. The van der Waals surface area contributed by atoms with E-state index >= 15 is 0 Å². The number of aliphatic imine (C=N–C) groups is 1. The first kappa shape index (κ1) is 19.2. The Kier molecular flexibility index (Phi) is 6.68. The lowest BCUT2D eigenvalue weighted by Crippen LogP contribution is -2.34. The van der Waals surface area contributed by atoms with Gasteiger partial charge in [0, 0.05) is 13.0 Å². The molecule has 0 bridgehead atoms. The van der Waals surface area contributed by atoms with Crippen LogP contribution in [0.3, 0.4) is 0 Å². The topological polar surface area (TPSA) is 86.2 Å². The van der Waals surface area contributed by atoms with E-state index in [1.165, 1.54) is 0 Å². The Balaban J connectivity index is 1.35. The van der Waals surface area contributed by atoms with Crippen molar-refractivity contribution in [3.8, 4) is 0 Å². The Morgan fingerprint density at radius 1 is 1.22 bits per heavy atom. The van der Waals surface area contributed by atoms with Crippen molar-refractivity contribution in [3.63, 3.8) is 0 Å². The Hall–Kier alpha value is -2.57. The number of alkyl carbamates (subject to hydrolysis) is 1. The normalized spacial score (nSPS) is 21.1. The van der Waals surface area contributed by atoms with Crippen molar-refractivity contribution in [1.29, 1.82) is 0 Å².